The molecule has 0 aliphatic carbocycles. The number of methoxy groups -OCH3 is 1. The van der Waals surface area contributed by atoms with Crippen molar-refractivity contribution in [3.8, 4) is 11.8 Å². The Balaban J connectivity index is 3.52. The maximum Gasteiger partial charge on any atom is 0.311 e. The second-order valence-corrected chi connectivity index (χ2v) is 3.47. The lowest BCUT2D eigenvalue weighted by Crippen LogP contribution is -2.04. The molecule has 0 heterocycles. The maximum atomic E-state index is 10.9. The highest BCUT2D eigenvalue weighted by Crippen LogP contribution is 2.34. The van der Waals surface area contributed by atoms with E-state index in [0.717, 1.165) is 0 Å². The normalized spacial score (nSPS) is 11.4. The van der Waals surface area contributed by atoms with E-state index in [1.54, 1.807) is 13.0 Å². The fraction of sp³-hybridized carbons (Fsp3) is 0.250. The standard InChI is InChI=1S/C12H13N3O3/c1-3-8(7-13)11(14)9-5-4-6-10(15(16)17)12(9)18-2/h4-6H,3,14H2,1-2H3/b11-8-. The van der Waals surface area contributed by atoms with Crippen molar-refractivity contribution in [3.05, 3.63) is 39.4 Å². The van der Waals surface area contributed by atoms with Crippen LogP contribution in [0.15, 0.2) is 23.8 Å². The molecule has 0 bridgehead atoms. The number of para-hydroxylation sites is 1. The topological polar surface area (TPSA) is 102 Å². The first-order valence-electron chi connectivity index (χ1n) is 5.27. The van der Waals surface area contributed by atoms with E-state index in [0.29, 0.717) is 17.6 Å². The Morgan fingerprint density at radius 2 is 2.28 bits per heavy atom. The van der Waals surface area contributed by atoms with Crippen LogP contribution in [0.2, 0.25) is 0 Å². The van der Waals surface area contributed by atoms with Crippen molar-refractivity contribution in [1.82, 2.24) is 0 Å². The summed E-state index contributed by atoms with van der Waals surface area (Å²) < 4.78 is 5.03. The number of hydrogen-bond donors (Lipinski definition) is 1. The summed E-state index contributed by atoms with van der Waals surface area (Å²) in [4.78, 5) is 10.3. The minimum atomic E-state index is -0.548. The molecule has 0 amide bonds. The van der Waals surface area contributed by atoms with Crippen molar-refractivity contribution in [2.24, 2.45) is 5.73 Å². The molecule has 0 saturated heterocycles. The Hall–Kier alpha value is -2.55. The molecule has 1 aromatic carbocycles. The number of nitrogens with two attached hydrogens (primary N) is 1. The van der Waals surface area contributed by atoms with E-state index < -0.39 is 4.92 Å². The van der Waals surface area contributed by atoms with Crippen molar-refractivity contribution in [3.63, 3.8) is 0 Å². The molecule has 0 spiro atoms. The third-order valence-electron chi connectivity index (χ3n) is 2.50. The SMILES string of the molecule is CC/C(C#N)=C(/N)c1cccc([N+](=O)[O-])c1OC. The molecule has 6 heteroatoms. The summed E-state index contributed by atoms with van der Waals surface area (Å²) >= 11 is 0. The number of nitriles is 1. The van der Waals surface area contributed by atoms with Gasteiger partial charge in [-0.1, -0.05) is 13.0 Å². The zero-order chi connectivity index (χ0) is 13.7. The molecule has 0 unspecified atom stereocenters. The molecule has 0 aliphatic rings. The number of allylic oxidation sites excluding steroid dienone is 1. The molecule has 1 rings (SSSR count). The average molecular weight is 247 g/mol. The van der Waals surface area contributed by atoms with E-state index in [-0.39, 0.29) is 17.1 Å². The maximum absolute atomic E-state index is 10.9. The van der Waals surface area contributed by atoms with E-state index in [1.807, 2.05) is 6.07 Å². The molecule has 0 radical (unpaired) electrons. The van der Waals surface area contributed by atoms with Gasteiger partial charge in [0.2, 0.25) is 5.75 Å². The molecular weight excluding hydrogens is 234 g/mol. The van der Waals surface area contributed by atoms with Gasteiger partial charge in [0.15, 0.2) is 0 Å². The van der Waals surface area contributed by atoms with E-state index in [4.69, 9.17) is 15.7 Å². The molecule has 6 nitrogen and oxygen atoms in total. The zero-order valence-corrected chi connectivity index (χ0v) is 10.1. The molecule has 18 heavy (non-hydrogen) atoms. The van der Waals surface area contributed by atoms with Crippen molar-refractivity contribution in [2.45, 2.75) is 13.3 Å². The summed E-state index contributed by atoms with van der Waals surface area (Å²) in [6, 6.07) is 6.41. The summed E-state index contributed by atoms with van der Waals surface area (Å²) in [6.45, 7) is 1.79. The number of nitro benzene ring substituents is 1. The van der Waals surface area contributed by atoms with Crippen LogP contribution in [0.4, 0.5) is 5.69 Å². The summed E-state index contributed by atoms with van der Waals surface area (Å²) in [5.41, 5.74) is 6.63. The minimum absolute atomic E-state index is 0.0706. The lowest BCUT2D eigenvalue weighted by atomic mass is 10.0. The van der Waals surface area contributed by atoms with Gasteiger partial charge in [0.25, 0.3) is 0 Å². The third kappa shape index (κ3) is 2.40. The van der Waals surface area contributed by atoms with E-state index in [2.05, 4.69) is 0 Å². The molecule has 0 atom stereocenters. The summed E-state index contributed by atoms with van der Waals surface area (Å²) in [5.74, 6) is 0.0706. The number of nitrogens with zero attached hydrogens (tertiary/aromatic N) is 2. The van der Waals surface area contributed by atoms with Crippen LogP contribution < -0.4 is 10.5 Å². The van der Waals surface area contributed by atoms with Gasteiger partial charge in [-0.2, -0.15) is 5.26 Å². The number of rotatable bonds is 4. The van der Waals surface area contributed by atoms with Crippen LogP contribution in [0.25, 0.3) is 5.70 Å². The summed E-state index contributed by atoms with van der Waals surface area (Å²) in [6.07, 6.45) is 0.453. The van der Waals surface area contributed by atoms with Gasteiger partial charge < -0.3 is 10.5 Å². The Morgan fingerprint density at radius 3 is 2.72 bits per heavy atom. The Kier molecular flexibility index (Phi) is 4.27. The molecule has 1 aromatic rings. The second-order valence-electron chi connectivity index (χ2n) is 3.47. The van der Waals surface area contributed by atoms with Gasteiger partial charge in [-0.3, -0.25) is 10.1 Å². The largest absolute Gasteiger partial charge is 0.490 e. The van der Waals surface area contributed by atoms with Gasteiger partial charge in [0.1, 0.15) is 0 Å². The van der Waals surface area contributed by atoms with Crippen molar-refractivity contribution in [2.75, 3.05) is 7.11 Å². The Labute approximate surface area is 104 Å². The molecular formula is C12H13N3O3. The first-order valence-corrected chi connectivity index (χ1v) is 5.27. The molecule has 94 valence electrons. The van der Waals surface area contributed by atoms with Gasteiger partial charge in [0, 0.05) is 11.6 Å². The van der Waals surface area contributed by atoms with Crippen LogP contribution in [0, 0.1) is 21.4 Å². The Morgan fingerprint density at radius 1 is 1.61 bits per heavy atom. The average Bonchev–Trinajstić information content (AvgIpc) is 2.38. The lowest BCUT2D eigenvalue weighted by Gasteiger charge is -2.10. The molecule has 0 fully saturated rings. The quantitative estimate of drug-likeness (QED) is 0.499. The fourth-order valence-corrected chi connectivity index (χ4v) is 1.59. The van der Waals surface area contributed by atoms with Gasteiger partial charge in [-0.15, -0.1) is 0 Å². The van der Waals surface area contributed by atoms with Crippen molar-refractivity contribution in [1.29, 1.82) is 5.26 Å². The molecule has 0 saturated carbocycles. The highest BCUT2D eigenvalue weighted by molar-refractivity contribution is 5.76. The zero-order valence-electron chi connectivity index (χ0n) is 10.1. The van der Waals surface area contributed by atoms with Crippen molar-refractivity contribution >= 4 is 11.4 Å². The van der Waals surface area contributed by atoms with Crippen LogP contribution in [0.3, 0.4) is 0 Å². The van der Waals surface area contributed by atoms with Crippen LogP contribution in [0.5, 0.6) is 5.75 Å². The summed E-state index contributed by atoms with van der Waals surface area (Å²) in [7, 11) is 1.33. The van der Waals surface area contributed by atoms with Crippen LogP contribution >= 0.6 is 0 Å². The number of ether oxygens (including phenoxy) is 1. The third-order valence-corrected chi connectivity index (χ3v) is 2.50. The van der Waals surface area contributed by atoms with Gasteiger partial charge >= 0.3 is 5.69 Å². The van der Waals surface area contributed by atoms with Crippen molar-refractivity contribution < 1.29 is 9.66 Å². The van der Waals surface area contributed by atoms with Gasteiger partial charge in [-0.25, -0.2) is 0 Å². The smallest absolute Gasteiger partial charge is 0.311 e. The summed E-state index contributed by atoms with van der Waals surface area (Å²) in [5, 5.41) is 19.8. The predicted molar refractivity (Wildman–Crippen MR) is 66.7 cm³/mol. The van der Waals surface area contributed by atoms with Gasteiger partial charge in [-0.05, 0) is 12.5 Å². The first-order chi connectivity index (χ1) is 8.56. The second kappa shape index (κ2) is 5.68. The number of benzene rings is 1. The fourth-order valence-electron chi connectivity index (χ4n) is 1.59. The number of hydrogen-bond acceptors (Lipinski definition) is 5. The highest BCUT2D eigenvalue weighted by atomic mass is 16.6. The first kappa shape index (κ1) is 13.5. The Bertz CT molecular complexity index is 544. The molecule has 2 N–H and O–H groups in total. The number of nitro groups is 1. The van der Waals surface area contributed by atoms with Gasteiger partial charge in [0.05, 0.1) is 29.4 Å². The van der Waals surface area contributed by atoms with Crippen LogP contribution in [-0.2, 0) is 0 Å². The van der Waals surface area contributed by atoms with Crippen LogP contribution in [0.1, 0.15) is 18.9 Å². The predicted octanol–water partition coefficient (Wildman–Crippen LogP) is 2.21. The minimum Gasteiger partial charge on any atom is -0.490 e. The monoisotopic (exact) mass is 247 g/mol. The lowest BCUT2D eigenvalue weighted by molar-refractivity contribution is -0.385. The van der Waals surface area contributed by atoms with Crippen LogP contribution in [-0.4, -0.2) is 12.0 Å². The van der Waals surface area contributed by atoms with E-state index >= 15 is 0 Å². The molecule has 0 aliphatic heterocycles. The van der Waals surface area contributed by atoms with E-state index in [9.17, 15) is 10.1 Å². The highest BCUT2D eigenvalue weighted by Gasteiger charge is 2.20. The molecule has 0 aromatic heterocycles. The van der Waals surface area contributed by atoms with E-state index in [1.165, 1.54) is 19.2 Å².